The van der Waals surface area contributed by atoms with Crippen molar-refractivity contribution < 1.29 is 14.3 Å². The van der Waals surface area contributed by atoms with Crippen LogP contribution in [0.4, 0.5) is 5.69 Å². The lowest BCUT2D eigenvalue weighted by Gasteiger charge is -2.07. The number of rotatable bonds is 3. The molecule has 1 N–H and O–H groups in total. The number of fused-ring (bicyclic) bond motifs is 1. The number of nitrogens with zero attached hydrogens (tertiary/aromatic N) is 5. The van der Waals surface area contributed by atoms with Crippen LogP contribution in [-0.4, -0.2) is 37.2 Å². The molecule has 0 radical (unpaired) electrons. The van der Waals surface area contributed by atoms with E-state index in [1.54, 1.807) is 34.5 Å². The second kappa shape index (κ2) is 5.37. The molecule has 1 aliphatic rings. The molecule has 0 bridgehead atoms. The molecule has 24 heavy (non-hydrogen) atoms. The van der Waals surface area contributed by atoms with Crippen LogP contribution in [0.5, 0.6) is 11.5 Å². The molecule has 0 atom stereocenters. The van der Waals surface area contributed by atoms with Crippen LogP contribution >= 0.6 is 0 Å². The first-order chi connectivity index (χ1) is 11.6. The highest BCUT2D eigenvalue weighted by Crippen LogP contribution is 2.33. The minimum Gasteiger partial charge on any atom is -0.454 e. The van der Waals surface area contributed by atoms with Gasteiger partial charge in [-0.1, -0.05) is 0 Å². The second-order valence-corrected chi connectivity index (χ2v) is 5.30. The van der Waals surface area contributed by atoms with Gasteiger partial charge in [0.1, 0.15) is 18.3 Å². The summed E-state index contributed by atoms with van der Waals surface area (Å²) in [6.45, 7) is 2.04. The number of carbonyl (C=O) groups excluding carboxylic acids is 1. The summed E-state index contributed by atoms with van der Waals surface area (Å²) in [4.78, 5) is 12.6. The molecule has 9 heteroatoms. The molecule has 1 aromatic carbocycles. The molecule has 2 aromatic heterocycles. The maximum atomic E-state index is 12.6. The molecular formula is C15H14N6O3. The van der Waals surface area contributed by atoms with Crippen molar-refractivity contribution in [3.8, 4) is 17.3 Å². The minimum absolute atomic E-state index is 0.167. The number of benzene rings is 1. The Morgan fingerprint density at radius 1 is 1.21 bits per heavy atom. The Labute approximate surface area is 136 Å². The van der Waals surface area contributed by atoms with Crippen LogP contribution in [-0.2, 0) is 7.05 Å². The summed E-state index contributed by atoms with van der Waals surface area (Å²) < 4.78 is 13.9. The summed E-state index contributed by atoms with van der Waals surface area (Å²) in [7, 11) is 1.80. The van der Waals surface area contributed by atoms with E-state index in [1.807, 2.05) is 6.92 Å². The highest BCUT2D eigenvalue weighted by Gasteiger charge is 2.20. The van der Waals surface area contributed by atoms with Crippen LogP contribution in [0.15, 0.2) is 30.9 Å². The number of hydrogen-bond acceptors (Lipinski definition) is 6. The van der Waals surface area contributed by atoms with Crippen LogP contribution in [0, 0.1) is 6.92 Å². The van der Waals surface area contributed by atoms with Gasteiger partial charge in [0, 0.05) is 12.6 Å². The molecule has 1 aliphatic heterocycles. The monoisotopic (exact) mass is 326 g/mol. The first kappa shape index (κ1) is 14.2. The predicted octanol–water partition coefficient (Wildman–Crippen LogP) is 1.29. The van der Waals surface area contributed by atoms with Crippen LogP contribution in [0.3, 0.4) is 0 Å². The van der Waals surface area contributed by atoms with E-state index in [4.69, 9.17) is 9.47 Å². The van der Waals surface area contributed by atoms with Gasteiger partial charge in [0.05, 0.1) is 5.69 Å². The zero-order valence-electron chi connectivity index (χ0n) is 13.1. The lowest BCUT2D eigenvalue weighted by Crippen LogP contribution is -2.14. The summed E-state index contributed by atoms with van der Waals surface area (Å²) in [6, 6.07) is 5.06. The highest BCUT2D eigenvalue weighted by atomic mass is 16.7. The van der Waals surface area contributed by atoms with Crippen LogP contribution in [0.2, 0.25) is 0 Å². The number of carbonyl (C=O) groups is 1. The van der Waals surface area contributed by atoms with Crippen LogP contribution < -0.4 is 14.8 Å². The lowest BCUT2D eigenvalue weighted by molar-refractivity contribution is 0.102. The van der Waals surface area contributed by atoms with Gasteiger partial charge in [0.15, 0.2) is 17.3 Å². The maximum Gasteiger partial charge on any atom is 0.255 e. The summed E-state index contributed by atoms with van der Waals surface area (Å²) in [5, 5.41) is 14.8. The van der Waals surface area contributed by atoms with Crippen molar-refractivity contribution in [2.24, 2.45) is 7.05 Å². The summed E-state index contributed by atoms with van der Waals surface area (Å²) >= 11 is 0. The van der Waals surface area contributed by atoms with Crippen molar-refractivity contribution >= 4 is 11.6 Å². The molecule has 3 aromatic rings. The first-order valence-electron chi connectivity index (χ1n) is 7.23. The predicted molar refractivity (Wildman–Crippen MR) is 83.4 cm³/mol. The summed E-state index contributed by atoms with van der Waals surface area (Å²) in [5.41, 5.74) is 1.88. The van der Waals surface area contributed by atoms with Crippen molar-refractivity contribution in [1.82, 2.24) is 24.5 Å². The molecule has 4 rings (SSSR count). The number of aromatic nitrogens is 5. The van der Waals surface area contributed by atoms with Crippen molar-refractivity contribution in [3.63, 3.8) is 0 Å². The molecule has 0 aliphatic carbocycles. The zero-order valence-corrected chi connectivity index (χ0v) is 13.1. The third kappa shape index (κ3) is 2.26. The zero-order chi connectivity index (χ0) is 16.7. The molecule has 9 nitrogen and oxygen atoms in total. The van der Waals surface area contributed by atoms with Crippen molar-refractivity contribution in [2.75, 3.05) is 12.1 Å². The van der Waals surface area contributed by atoms with E-state index in [9.17, 15) is 4.79 Å². The molecular weight excluding hydrogens is 312 g/mol. The van der Waals surface area contributed by atoms with E-state index >= 15 is 0 Å². The van der Waals surface area contributed by atoms with Gasteiger partial charge < -0.3 is 14.8 Å². The Hall–Kier alpha value is -3.36. The van der Waals surface area contributed by atoms with E-state index in [0.29, 0.717) is 28.6 Å². The Morgan fingerprint density at radius 3 is 2.75 bits per heavy atom. The number of anilines is 1. The van der Waals surface area contributed by atoms with Gasteiger partial charge >= 0.3 is 0 Å². The van der Waals surface area contributed by atoms with E-state index < -0.39 is 0 Å². The molecule has 0 unspecified atom stereocenters. The third-order valence-electron chi connectivity index (χ3n) is 3.85. The van der Waals surface area contributed by atoms with Gasteiger partial charge in [0.25, 0.3) is 5.91 Å². The Morgan fingerprint density at radius 2 is 1.96 bits per heavy atom. The minimum atomic E-state index is -0.265. The SMILES string of the molecule is Cc1c(NC(=O)c2ccc3c(c2)OCO3)c(-n2cnnc2)nn1C. The van der Waals surface area contributed by atoms with E-state index in [2.05, 4.69) is 20.6 Å². The van der Waals surface area contributed by atoms with Crippen LogP contribution in [0.25, 0.3) is 5.82 Å². The number of ether oxygens (including phenoxy) is 2. The second-order valence-electron chi connectivity index (χ2n) is 5.30. The summed E-state index contributed by atoms with van der Waals surface area (Å²) in [6.07, 6.45) is 3.05. The van der Waals surface area contributed by atoms with Gasteiger partial charge in [-0.25, -0.2) is 0 Å². The fourth-order valence-electron chi connectivity index (χ4n) is 2.45. The van der Waals surface area contributed by atoms with Crippen molar-refractivity contribution in [1.29, 1.82) is 0 Å². The fraction of sp³-hybridized carbons (Fsp3) is 0.200. The van der Waals surface area contributed by atoms with E-state index in [0.717, 1.165) is 5.69 Å². The Balaban J connectivity index is 1.67. The highest BCUT2D eigenvalue weighted by molar-refractivity contribution is 6.05. The van der Waals surface area contributed by atoms with Crippen molar-refractivity contribution in [2.45, 2.75) is 6.92 Å². The lowest BCUT2D eigenvalue weighted by atomic mass is 10.2. The van der Waals surface area contributed by atoms with Gasteiger partial charge in [0.2, 0.25) is 6.79 Å². The third-order valence-corrected chi connectivity index (χ3v) is 3.85. The average Bonchev–Trinajstić information content (AvgIpc) is 3.30. The quantitative estimate of drug-likeness (QED) is 0.779. The number of nitrogens with one attached hydrogen (secondary N) is 1. The smallest absolute Gasteiger partial charge is 0.255 e. The summed E-state index contributed by atoms with van der Waals surface area (Å²) in [5.74, 6) is 1.48. The molecule has 0 spiro atoms. The van der Waals surface area contributed by atoms with Gasteiger partial charge in [-0.3, -0.25) is 14.0 Å². The Bertz CT molecular complexity index is 916. The molecule has 3 heterocycles. The van der Waals surface area contributed by atoms with E-state index in [1.165, 1.54) is 12.7 Å². The normalized spacial score (nSPS) is 12.4. The van der Waals surface area contributed by atoms with Gasteiger partial charge in [-0.2, -0.15) is 5.10 Å². The fourth-order valence-corrected chi connectivity index (χ4v) is 2.45. The van der Waals surface area contributed by atoms with Gasteiger partial charge in [-0.15, -0.1) is 10.2 Å². The molecule has 122 valence electrons. The molecule has 0 saturated heterocycles. The molecule has 1 amide bonds. The Kier molecular flexibility index (Phi) is 3.19. The van der Waals surface area contributed by atoms with Crippen molar-refractivity contribution in [3.05, 3.63) is 42.1 Å². The topological polar surface area (TPSA) is 96.1 Å². The van der Waals surface area contributed by atoms with Crippen LogP contribution in [0.1, 0.15) is 16.1 Å². The molecule has 0 fully saturated rings. The molecule has 0 saturated carbocycles. The number of aryl methyl sites for hydroxylation is 1. The average molecular weight is 326 g/mol. The standard InChI is InChI=1S/C15H14N6O3/c1-9-13(14(19-20(9)2)21-6-16-17-7-21)18-15(22)10-3-4-11-12(5-10)24-8-23-11/h3-7H,8H2,1-2H3,(H,18,22). The van der Waals surface area contributed by atoms with E-state index in [-0.39, 0.29) is 12.7 Å². The number of hydrogen-bond donors (Lipinski definition) is 1. The largest absolute Gasteiger partial charge is 0.454 e. The number of amides is 1. The van der Waals surface area contributed by atoms with Gasteiger partial charge in [-0.05, 0) is 25.1 Å². The maximum absolute atomic E-state index is 12.6. The first-order valence-corrected chi connectivity index (χ1v) is 7.23.